The summed E-state index contributed by atoms with van der Waals surface area (Å²) in [5, 5.41) is 3.18. The molecule has 1 unspecified atom stereocenters. The minimum absolute atomic E-state index is 0.241. The van der Waals surface area contributed by atoms with Crippen molar-refractivity contribution in [3.05, 3.63) is 30.6 Å². The van der Waals surface area contributed by atoms with Gasteiger partial charge in [0.2, 0.25) is 0 Å². The van der Waals surface area contributed by atoms with Gasteiger partial charge >= 0.3 is 0 Å². The second-order valence-electron chi connectivity index (χ2n) is 2.88. The molecule has 78 valence electrons. The van der Waals surface area contributed by atoms with E-state index in [4.69, 9.17) is 16.3 Å². The highest BCUT2D eigenvalue weighted by Crippen LogP contribution is 1.96. The van der Waals surface area contributed by atoms with Gasteiger partial charge < -0.3 is 10.1 Å². The van der Waals surface area contributed by atoms with E-state index in [0.717, 1.165) is 19.7 Å². The largest absolute Gasteiger partial charge is 0.374 e. The Labute approximate surface area is 89.4 Å². The van der Waals surface area contributed by atoms with Crippen LogP contribution in [-0.2, 0) is 4.74 Å². The van der Waals surface area contributed by atoms with E-state index in [-0.39, 0.29) is 6.10 Å². The van der Waals surface area contributed by atoms with Crippen molar-refractivity contribution < 1.29 is 4.74 Å². The number of nitrogens with one attached hydrogen (secondary N) is 1. The second kappa shape index (κ2) is 7.74. The standard InChI is InChI=1S/C5H10ClNO.C5H5N/c6-3-5-4-7-1-2-8-5;1-2-4-6-5-3-1/h5,7H,1-4H2;1-5H. The van der Waals surface area contributed by atoms with Crippen molar-refractivity contribution >= 4 is 11.6 Å². The summed E-state index contributed by atoms with van der Waals surface area (Å²) in [5.41, 5.74) is 0. The zero-order chi connectivity index (χ0) is 10.1. The van der Waals surface area contributed by atoms with Crippen LogP contribution in [0.15, 0.2) is 30.6 Å². The lowest BCUT2D eigenvalue weighted by atomic mass is 10.3. The molecule has 3 nitrogen and oxygen atoms in total. The highest BCUT2D eigenvalue weighted by molar-refractivity contribution is 6.18. The van der Waals surface area contributed by atoms with E-state index in [2.05, 4.69) is 10.3 Å². The number of rotatable bonds is 1. The Bertz CT molecular complexity index is 188. The van der Waals surface area contributed by atoms with Crippen LogP contribution in [0.1, 0.15) is 0 Å². The van der Waals surface area contributed by atoms with Gasteiger partial charge in [0.25, 0.3) is 0 Å². The number of alkyl halides is 1. The first kappa shape index (κ1) is 11.4. The molecule has 1 aliphatic rings. The van der Waals surface area contributed by atoms with Crippen LogP contribution < -0.4 is 5.32 Å². The lowest BCUT2D eigenvalue weighted by molar-refractivity contribution is 0.0432. The fourth-order valence-corrected chi connectivity index (χ4v) is 1.23. The average molecular weight is 215 g/mol. The van der Waals surface area contributed by atoms with E-state index in [0.29, 0.717) is 5.88 Å². The van der Waals surface area contributed by atoms with Gasteiger partial charge in [-0.25, -0.2) is 0 Å². The summed E-state index contributed by atoms with van der Waals surface area (Å²) in [6.07, 6.45) is 3.74. The molecule has 0 radical (unpaired) electrons. The molecule has 0 saturated carbocycles. The number of halogens is 1. The number of ether oxygens (including phenoxy) is 1. The number of morpholine rings is 1. The molecule has 0 aliphatic carbocycles. The Hall–Kier alpha value is -0.640. The van der Waals surface area contributed by atoms with Crippen molar-refractivity contribution in [2.45, 2.75) is 6.10 Å². The molecule has 1 aromatic heterocycles. The predicted molar refractivity (Wildman–Crippen MR) is 57.6 cm³/mol. The highest BCUT2D eigenvalue weighted by Gasteiger charge is 2.10. The van der Waals surface area contributed by atoms with Gasteiger partial charge in [0.15, 0.2) is 0 Å². The number of hydrogen-bond acceptors (Lipinski definition) is 3. The molecular formula is C10H15ClN2O. The summed E-state index contributed by atoms with van der Waals surface area (Å²) in [5.74, 6) is 0.604. The number of pyridine rings is 1. The Kier molecular flexibility index (Phi) is 6.32. The lowest BCUT2D eigenvalue weighted by Crippen LogP contribution is -2.39. The normalized spacial score (nSPS) is 20.8. The van der Waals surface area contributed by atoms with Gasteiger partial charge in [0.05, 0.1) is 12.7 Å². The van der Waals surface area contributed by atoms with Crippen LogP contribution in [0.2, 0.25) is 0 Å². The van der Waals surface area contributed by atoms with Gasteiger partial charge in [0.1, 0.15) is 0 Å². The predicted octanol–water partition coefficient (Wildman–Crippen LogP) is 1.30. The SMILES string of the molecule is ClCC1CNCCO1.c1ccncc1. The minimum atomic E-state index is 0.241. The summed E-state index contributed by atoms with van der Waals surface area (Å²) in [4.78, 5) is 3.78. The maximum Gasteiger partial charge on any atom is 0.0835 e. The van der Waals surface area contributed by atoms with E-state index < -0.39 is 0 Å². The molecule has 2 heterocycles. The molecule has 1 aliphatic heterocycles. The topological polar surface area (TPSA) is 34.1 Å². The van der Waals surface area contributed by atoms with Crippen molar-refractivity contribution in [3.63, 3.8) is 0 Å². The van der Waals surface area contributed by atoms with E-state index >= 15 is 0 Å². The summed E-state index contributed by atoms with van der Waals surface area (Å²) < 4.78 is 5.23. The van der Waals surface area contributed by atoms with Crippen LogP contribution in [0.4, 0.5) is 0 Å². The molecule has 1 aromatic rings. The highest BCUT2D eigenvalue weighted by atomic mass is 35.5. The molecule has 14 heavy (non-hydrogen) atoms. The van der Waals surface area contributed by atoms with Crippen LogP contribution in [0.3, 0.4) is 0 Å². The summed E-state index contributed by atoms with van der Waals surface area (Å²) in [7, 11) is 0. The van der Waals surface area contributed by atoms with Crippen molar-refractivity contribution in [1.82, 2.24) is 10.3 Å². The molecule has 0 bridgehead atoms. The fraction of sp³-hybridized carbons (Fsp3) is 0.500. The molecular weight excluding hydrogens is 200 g/mol. The molecule has 4 heteroatoms. The lowest BCUT2D eigenvalue weighted by Gasteiger charge is -2.20. The Balaban J connectivity index is 0.000000146. The third-order valence-electron chi connectivity index (χ3n) is 1.74. The number of nitrogens with zero attached hydrogens (tertiary/aromatic N) is 1. The van der Waals surface area contributed by atoms with E-state index in [9.17, 15) is 0 Å². The summed E-state index contributed by atoms with van der Waals surface area (Å²) in [6, 6.07) is 5.72. The van der Waals surface area contributed by atoms with E-state index in [1.807, 2.05) is 18.2 Å². The van der Waals surface area contributed by atoms with Crippen LogP contribution >= 0.6 is 11.6 Å². The minimum Gasteiger partial charge on any atom is -0.374 e. The monoisotopic (exact) mass is 214 g/mol. The van der Waals surface area contributed by atoms with Crippen LogP contribution in [0.5, 0.6) is 0 Å². The first-order chi connectivity index (χ1) is 6.93. The molecule has 1 N–H and O–H groups in total. The number of hydrogen-bond donors (Lipinski definition) is 1. The quantitative estimate of drug-likeness (QED) is 0.716. The molecule has 0 aromatic carbocycles. The van der Waals surface area contributed by atoms with Gasteiger partial charge in [0, 0.05) is 31.4 Å². The van der Waals surface area contributed by atoms with E-state index in [1.165, 1.54) is 0 Å². The Morgan fingerprint density at radius 3 is 2.43 bits per heavy atom. The second-order valence-corrected chi connectivity index (χ2v) is 3.18. The summed E-state index contributed by atoms with van der Waals surface area (Å²) in [6.45, 7) is 2.67. The van der Waals surface area contributed by atoms with Crippen molar-refractivity contribution in [2.24, 2.45) is 0 Å². The van der Waals surface area contributed by atoms with Crippen LogP contribution in [0, 0.1) is 0 Å². The summed E-state index contributed by atoms with van der Waals surface area (Å²) >= 11 is 5.52. The van der Waals surface area contributed by atoms with Gasteiger partial charge in [-0.3, -0.25) is 4.98 Å². The molecule has 1 atom stereocenters. The maximum atomic E-state index is 5.52. The first-order valence-electron chi connectivity index (χ1n) is 4.66. The molecule has 1 fully saturated rings. The Morgan fingerprint density at radius 1 is 1.36 bits per heavy atom. The van der Waals surface area contributed by atoms with Crippen LogP contribution in [0.25, 0.3) is 0 Å². The molecule has 2 rings (SSSR count). The van der Waals surface area contributed by atoms with Gasteiger partial charge in [-0.2, -0.15) is 0 Å². The van der Waals surface area contributed by atoms with Gasteiger partial charge in [-0.1, -0.05) is 6.07 Å². The van der Waals surface area contributed by atoms with Crippen molar-refractivity contribution in [1.29, 1.82) is 0 Å². The Morgan fingerprint density at radius 2 is 2.14 bits per heavy atom. The van der Waals surface area contributed by atoms with Crippen molar-refractivity contribution in [3.8, 4) is 0 Å². The average Bonchev–Trinajstić information content (AvgIpc) is 2.33. The maximum absolute atomic E-state index is 5.52. The first-order valence-corrected chi connectivity index (χ1v) is 5.20. The van der Waals surface area contributed by atoms with E-state index in [1.54, 1.807) is 12.4 Å². The smallest absolute Gasteiger partial charge is 0.0835 e. The molecule has 1 saturated heterocycles. The zero-order valence-electron chi connectivity index (χ0n) is 8.03. The number of aromatic nitrogens is 1. The third kappa shape index (κ3) is 5.17. The van der Waals surface area contributed by atoms with Crippen LogP contribution in [-0.4, -0.2) is 36.7 Å². The van der Waals surface area contributed by atoms with Gasteiger partial charge in [-0.15, -0.1) is 11.6 Å². The molecule has 0 spiro atoms. The fourth-order valence-electron chi connectivity index (χ4n) is 1.03. The third-order valence-corrected chi connectivity index (χ3v) is 2.09. The van der Waals surface area contributed by atoms with Crippen molar-refractivity contribution in [2.75, 3.05) is 25.6 Å². The molecule has 0 amide bonds. The van der Waals surface area contributed by atoms with Gasteiger partial charge in [-0.05, 0) is 12.1 Å². The zero-order valence-corrected chi connectivity index (χ0v) is 8.78.